The Morgan fingerprint density at radius 3 is 3.11 bits per heavy atom. The third kappa shape index (κ3) is 3.11. The van der Waals surface area contributed by atoms with Gasteiger partial charge in [0.05, 0.1) is 5.52 Å². The first-order valence-electron chi connectivity index (χ1n) is 7.17. The highest BCUT2D eigenvalue weighted by atomic mass is 14.9. The summed E-state index contributed by atoms with van der Waals surface area (Å²) in [5, 5.41) is 8.27. The van der Waals surface area contributed by atoms with Gasteiger partial charge >= 0.3 is 0 Å². The highest BCUT2D eigenvalue weighted by Gasteiger charge is 2.12. The SMILES string of the molecule is c1cnc2c(CNCC3CCCNC3)cccc2c1. The summed E-state index contributed by atoms with van der Waals surface area (Å²) in [7, 11) is 0. The molecule has 3 rings (SSSR count). The summed E-state index contributed by atoms with van der Waals surface area (Å²) in [6.07, 6.45) is 4.52. The van der Waals surface area contributed by atoms with Crippen LogP contribution in [0.5, 0.6) is 0 Å². The molecule has 0 bridgehead atoms. The molecule has 2 N–H and O–H groups in total. The van der Waals surface area contributed by atoms with Crippen LogP contribution in [0.15, 0.2) is 36.5 Å². The van der Waals surface area contributed by atoms with E-state index in [4.69, 9.17) is 0 Å². The van der Waals surface area contributed by atoms with Gasteiger partial charge in [0, 0.05) is 18.1 Å². The van der Waals surface area contributed by atoms with Crippen LogP contribution in [0.3, 0.4) is 0 Å². The Morgan fingerprint density at radius 2 is 2.21 bits per heavy atom. The first kappa shape index (κ1) is 12.6. The van der Waals surface area contributed by atoms with E-state index in [-0.39, 0.29) is 0 Å². The number of pyridine rings is 1. The van der Waals surface area contributed by atoms with Crippen LogP contribution in [-0.2, 0) is 6.54 Å². The number of aromatic nitrogens is 1. The molecule has 100 valence electrons. The number of fused-ring (bicyclic) bond motifs is 1. The summed E-state index contributed by atoms with van der Waals surface area (Å²) in [5.41, 5.74) is 2.42. The fourth-order valence-electron chi connectivity index (χ4n) is 2.82. The summed E-state index contributed by atoms with van der Waals surface area (Å²) >= 11 is 0. The lowest BCUT2D eigenvalue weighted by molar-refractivity contribution is 0.360. The Labute approximate surface area is 114 Å². The standard InChI is InChI=1S/C16H21N3/c1-5-14-7-3-9-19-16(14)15(6-1)12-18-11-13-4-2-8-17-10-13/h1,3,5-7,9,13,17-18H,2,4,8,10-12H2. The molecule has 1 fully saturated rings. The Bertz CT molecular complexity index is 527. The van der Waals surface area contributed by atoms with Gasteiger partial charge in [-0.05, 0) is 50.0 Å². The molecule has 0 aliphatic carbocycles. The van der Waals surface area contributed by atoms with Crippen LogP contribution in [0.2, 0.25) is 0 Å². The van der Waals surface area contributed by atoms with E-state index in [1.807, 2.05) is 12.3 Å². The van der Waals surface area contributed by atoms with Gasteiger partial charge in [0.25, 0.3) is 0 Å². The van der Waals surface area contributed by atoms with Crippen molar-refractivity contribution in [3.63, 3.8) is 0 Å². The lowest BCUT2D eigenvalue weighted by atomic mass is 9.99. The average molecular weight is 255 g/mol. The average Bonchev–Trinajstić information content (AvgIpc) is 2.49. The largest absolute Gasteiger partial charge is 0.316 e. The summed E-state index contributed by atoms with van der Waals surface area (Å²) in [6.45, 7) is 4.34. The van der Waals surface area contributed by atoms with E-state index in [2.05, 4.69) is 39.9 Å². The van der Waals surface area contributed by atoms with Crippen molar-refractivity contribution in [1.82, 2.24) is 15.6 Å². The normalized spacial score (nSPS) is 19.7. The number of benzene rings is 1. The molecule has 1 aromatic heterocycles. The Morgan fingerprint density at radius 1 is 1.26 bits per heavy atom. The number of nitrogens with zero attached hydrogens (tertiary/aromatic N) is 1. The number of para-hydroxylation sites is 1. The van der Waals surface area contributed by atoms with Crippen molar-refractivity contribution in [2.45, 2.75) is 19.4 Å². The fraction of sp³-hybridized carbons (Fsp3) is 0.438. The van der Waals surface area contributed by atoms with Crippen LogP contribution in [0, 0.1) is 5.92 Å². The molecule has 0 saturated carbocycles. The van der Waals surface area contributed by atoms with Crippen molar-refractivity contribution in [2.24, 2.45) is 5.92 Å². The second kappa shape index (κ2) is 6.13. The van der Waals surface area contributed by atoms with E-state index in [9.17, 15) is 0 Å². The minimum atomic E-state index is 0.775. The van der Waals surface area contributed by atoms with Gasteiger partial charge in [0.2, 0.25) is 0 Å². The summed E-state index contributed by atoms with van der Waals surface area (Å²) < 4.78 is 0. The van der Waals surface area contributed by atoms with Crippen LogP contribution in [0.25, 0.3) is 10.9 Å². The van der Waals surface area contributed by atoms with Crippen LogP contribution >= 0.6 is 0 Å². The van der Waals surface area contributed by atoms with E-state index in [0.717, 1.165) is 31.1 Å². The van der Waals surface area contributed by atoms with Crippen LogP contribution in [0.4, 0.5) is 0 Å². The molecule has 0 spiro atoms. The van der Waals surface area contributed by atoms with Gasteiger partial charge in [-0.15, -0.1) is 0 Å². The maximum Gasteiger partial charge on any atom is 0.0746 e. The van der Waals surface area contributed by atoms with E-state index in [1.54, 1.807) is 0 Å². The van der Waals surface area contributed by atoms with Crippen LogP contribution in [0.1, 0.15) is 18.4 Å². The van der Waals surface area contributed by atoms with E-state index in [0.29, 0.717) is 0 Å². The molecule has 1 atom stereocenters. The molecule has 2 heterocycles. The van der Waals surface area contributed by atoms with Crippen LogP contribution < -0.4 is 10.6 Å². The van der Waals surface area contributed by atoms with E-state index >= 15 is 0 Å². The zero-order chi connectivity index (χ0) is 12.9. The predicted molar refractivity (Wildman–Crippen MR) is 79.0 cm³/mol. The maximum absolute atomic E-state index is 4.49. The summed E-state index contributed by atoms with van der Waals surface area (Å²) in [6, 6.07) is 10.5. The van der Waals surface area contributed by atoms with Crippen molar-refractivity contribution >= 4 is 10.9 Å². The van der Waals surface area contributed by atoms with Crippen molar-refractivity contribution < 1.29 is 0 Å². The third-order valence-electron chi connectivity index (χ3n) is 3.86. The van der Waals surface area contributed by atoms with Crippen molar-refractivity contribution in [1.29, 1.82) is 0 Å². The Kier molecular flexibility index (Phi) is 4.06. The molecule has 1 aliphatic heterocycles. The highest BCUT2D eigenvalue weighted by molar-refractivity contribution is 5.81. The van der Waals surface area contributed by atoms with Gasteiger partial charge in [-0.3, -0.25) is 4.98 Å². The quantitative estimate of drug-likeness (QED) is 0.880. The minimum Gasteiger partial charge on any atom is -0.316 e. The number of rotatable bonds is 4. The smallest absolute Gasteiger partial charge is 0.0746 e. The summed E-state index contributed by atoms with van der Waals surface area (Å²) in [5.74, 6) is 0.775. The number of piperidine rings is 1. The molecule has 3 nitrogen and oxygen atoms in total. The zero-order valence-electron chi connectivity index (χ0n) is 11.2. The first-order valence-corrected chi connectivity index (χ1v) is 7.17. The molecular weight excluding hydrogens is 234 g/mol. The lowest BCUT2D eigenvalue weighted by Crippen LogP contribution is -2.35. The maximum atomic E-state index is 4.49. The number of hydrogen-bond donors (Lipinski definition) is 2. The van der Waals surface area contributed by atoms with Gasteiger partial charge in [0.15, 0.2) is 0 Å². The van der Waals surface area contributed by atoms with Gasteiger partial charge in [-0.2, -0.15) is 0 Å². The van der Waals surface area contributed by atoms with E-state index in [1.165, 1.54) is 30.3 Å². The van der Waals surface area contributed by atoms with Gasteiger partial charge in [-0.1, -0.05) is 24.3 Å². The second-order valence-corrected chi connectivity index (χ2v) is 5.34. The van der Waals surface area contributed by atoms with Crippen molar-refractivity contribution in [3.05, 3.63) is 42.1 Å². The highest BCUT2D eigenvalue weighted by Crippen LogP contribution is 2.16. The first-order chi connectivity index (χ1) is 9.43. The predicted octanol–water partition coefficient (Wildman–Crippen LogP) is 2.32. The monoisotopic (exact) mass is 255 g/mol. The van der Waals surface area contributed by atoms with Gasteiger partial charge < -0.3 is 10.6 Å². The van der Waals surface area contributed by atoms with Gasteiger partial charge in [0.1, 0.15) is 0 Å². The topological polar surface area (TPSA) is 37.0 Å². The molecule has 1 aliphatic rings. The molecular formula is C16H21N3. The van der Waals surface area contributed by atoms with Crippen LogP contribution in [-0.4, -0.2) is 24.6 Å². The minimum absolute atomic E-state index is 0.775. The van der Waals surface area contributed by atoms with E-state index < -0.39 is 0 Å². The molecule has 0 amide bonds. The third-order valence-corrected chi connectivity index (χ3v) is 3.86. The zero-order valence-corrected chi connectivity index (χ0v) is 11.2. The molecule has 1 unspecified atom stereocenters. The Balaban J connectivity index is 1.62. The second-order valence-electron chi connectivity index (χ2n) is 5.34. The molecule has 19 heavy (non-hydrogen) atoms. The van der Waals surface area contributed by atoms with Crippen molar-refractivity contribution in [3.8, 4) is 0 Å². The molecule has 0 radical (unpaired) electrons. The van der Waals surface area contributed by atoms with Crippen molar-refractivity contribution in [2.75, 3.05) is 19.6 Å². The molecule has 2 aromatic rings. The molecule has 1 aromatic carbocycles. The lowest BCUT2D eigenvalue weighted by Gasteiger charge is -2.23. The van der Waals surface area contributed by atoms with Gasteiger partial charge in [-0.25, -0.2) is 0 Å². The molecule has 1 saturated heterocycles. The Hall–Kier alpha value is -1.45. The number of nitrogens with one attached hydrogen (secondary N) is 2. The summed E-state index contributed by atoms with van der Waals surface area (Å²) in [4.78, 5) is 4.49. The fourth-order valence-corrected chi connectivity index (χ4v) is 2.82. The molecule has 3 heteroatoms. The number of hydrogen-bond acceptors (Lipinski definition) is 3.